The van der Waals surface area contributed by atoms with Gasteiger partial charge in [0.2, 0.25) is 11.8 Å². The van der Waals surface area contributed by atoms with Crippen molar-refractivity contribution in [3.8, 4) is 0 Å². The number of nitrogens with zero attached hydrogens (tertiary/aromatic N) is 2. The minimum absolute atomic E-state index is 0.0432. The number of urea groups is 1. The summed E-state index contributed by atoms with van der Waals surface area (Å²) in [5, 5.41) is 5.34. The van der Waals surface area contributed by atoms with Crippen molar-refractivity contribution in [2.24, 2.45) is 5.92 Å². The highest BCUT2D eigenvalue weighted by atomic mass is 16.2. The van der Waals surface area contributed by atoms with Gasteiger partial charge in [0.05, 0.1) is 0 Å². The summed E-state index contributed by atoms with van der Waals surface area (Å²) in [6.07, 6.45) is 3.10. The second kappa shape index (κ2) is 7.65. The van der Waals surface area contributed by atoms with Crippen LogP contribution in [0.4, 0.5) is 16.2 Å². The Balaban J connectivity index is 2.28. The zero-order chi connectivity index (χ0) is 18.6. The van der Waals surface area contributed by atoms with Gasteiger partial charge in [-0.15, -0.1) is 6.58 Å². The Morgan fingerprint density at radius 3 is 2.68 bits per heavy atom. The zero-order valence-electron chi connectivity index (χ0n) is 14.6. The van der Waals surface area contributed by atoms with Crippen LogP contribution in [0.1, 0.15) is 6.92 Å². The topological polar surface area (TPSA) is 81.8 Å². The predicted octanol–water partition coefficient (Wildman–Crippen LogP) is 1.95. The van der Waals surface area contributed by atoms with Crippen LogP contribution >= 0.6 is 0 Å². The van der Waals surface area contributed by atoms with Gasteiger partial charge in [-0.3, -0.25) is 19.8 Å². The van der Waals surface area contributed by atoms with Crippen molar-refractivity contribution in [3.63, 3.8) is 0 Å². The van der Waals surface area contributed by atoms with E-state index in [0.717, 1.165) is 16.3 Å². The van der Waals surface area contributed by atoms with Gasteiger partial charge in [0.15, 0.2) is 5.92 Å². The van der Waals surface area contributed by atoms with Crippen LogP contribution in [0, 0.1) is 5.92 Å². The highest BCUT2D eigenvalue weighted by molar-refractivity contribution is 6.18. The summed E-state index contributed by atoms with van der Waals surface area (Å²) in [5.41, 5.74) is 2.13. The number of allylic oxidation sites excluding steroid dienone is 1. The molecule has 0 saturated carbocycles. The van der Waals surface area contributed by atoms with Gasteiger partial charge in [-0.2, -0.15) is 0 Å². The first kappa shape index (κ1) is 18.3. The molecule has 1 heterocycles. The van der Waals surface area contributed by atoms with Gasteiger partial charge in [0, 0.05) is 37.7 Å². The largest absolute Gasteiger partial charge is 0.378 e. The highest BCUT2D eigenvalue weighted by Crippen LogP contribution is 2.24. The standard InChI is InChI=1S/C18H22N4O3/c1-5-10-22-17(24)15(16(23)20-18(22)25)14(6-2)19-12-8-7-9-13(11-12)21(3)4/h5-9,11,15,19H,1,10H2,2-4H3,(H,20,23,25)/b14-6-/t15-/m0/s1. The first-order chi connectivity index (χ1) is 11.9. The molecular formula is C18H22N4O3. The van der Waals surface area contributed by atoms with E-state index in [2.05, 4.69) is 17.2 Å². The number of nitrogens with one attached hydrogen (secondary N) is 2. The maximum atomic E-state index is 12.6. The van der Waals surface area contributed by atoms with Crippen molar-refractivity contribution in [2.75, 3.05) is 30.9 Å². The SMILES string of the molecule is C=CCN1C(=O)NC(=O)[C@H](/C(=C/C)Nc2cccc(N(C)C)c2)C1=O. The molecule has 7 nitrogen and oxygen atoms in total. The monoisotopic (exact) mass is 342 g/mol. The molecular weight excluding hydrogens is 320 g/mol. The maximum absolute atomic E-state index is 12.6. The van der Waals surface area contributed by atoms with Crippen LogP contribution in [0.15, 0.2) is 48.7 Å². The fourth-order valence-corrected chi connectivity index (χ4v) is 2.53. The second-order valence-electron chi connectivity index (χ2n) is 5.78. The maximum Gasteiger partial charge on any atom is 0.331 e. The lowest BCUT2D eigenvalue weighted by Gasteiger charge is -2.31. The molecule has 1 atom stereocenters. The Morgan fingerprint density at radius 1 is 1.36 bits per heavy atom. The van der Waals surface area contributed by atoms with Crippen LogP contribution < -0.4 is 15.5 Å². The van der Waals surface area contributed by atoms with Crippen molar-refractivity contribution < 1.29 is 14.4 Å². The van der Waals surface area contributed by atoms with E-state index in [9.17, 15) is 14.4 Å². The van der Waals surface area contributed by atoms with Crippen LogP contribution in [-0.2, 0) is 9.59 Å². The van der Waals surface area contributed by atoms with Crippen LogP contribution in [-0.4, -0.2) is 43.4 Å². The number of barbiturate groups is 1. The summed E-state index contributed by atoms with van der Waals surface area (Å²) in [5.74, 6) is -2.32. The number of hydrogen-bond acceptors (Lipinski definition) is 5. The molecule has 1 fully saturated rings. The van der Waals surface area contributed by atoms with Crippen molar-refractivity contribution >= 4 is 29.2 Å². The van der Waals surface area contributed by atoms with Gasteiger partial charge in [0.1, 0.15) is 0 Å². The van der Waals surface area contributed by atoms with Gasteiger partial charge >= 0.3 is 6.03 Å². The fraction of sp³-hybridized carbons (Fsp3) is 0.278. The fourth-order valence-electron chi connectivity index (χ4n) is 2.53. The molecule has 0 bridgehead atoms. The lowest BCUT2D eigenvalue weighted by atomic mass is 9.99. The molecule has 1 saturated heterocycles. The average Bonchev–Trinajstić information content (AvgIpc) is 2.57. The zero-order valence-corrected chi connectivity index (χ0v) is 14.6. The molecule has 0 aliphatic carbocycles. The lowest BCUT2D eigenvalue weighted by molar-refractivity contribution is -0.140. The normalized spacial score (nSPS) is 18.0. The number of hydrogen-bond donors (Lipinski definition) is 2. The Hall–Kier alpha value is -3.09. The number of carbonyl (C=O) groups is 3. The molecule has 132 valence electrons. The molecule has 25 heavy (non-hydrogen) atoms. The predicted molar refractivity (Wildman–Crippen MR) is 97.1 cm³/mol. The average molecular weight is 342 g/mol. The van der Waals surface area contributed by atoms with Crippen molar-refractivity contribution in [1.29, 1.82) is 0 Å². The molecule has 1 aliphatic rings. The molecule has 0 aromatic heterocycles. The molecule has 7 heteroatoms. The van der Waals surface area contributed by atoms with E-state index in [0.29, 0.717) is 5.70 Å². The lowest BCUT2D eigenvalue weighted by Crippen LogP contribution is -2.58. The number of imide groups is 2. The summed E-state index contributed by atoms with van der Waals surface area (Å²) < 4.78 is 0. The molecule has 0 radical (unpaired) electrons. The first-order valence-corrected chi connectivity index (χ1v) is 7.86. The van der Waals surface area contributed by atoms with E-state index in [-0.39, 0.29) is 6.54 Å². The number of carbonyl (C=O) groups excluding carboxylic acids is 3. The molecule has 1 aromatic carbocycles. The molecule has 2 rings (SSSR count). The highest BCUT2D eigenvalue weighted by Gasteiger charge is 2.42. The van der Waals surface area contributed by atoms with Crippen molar-refractivity contribution in [1.82, 2.24) is 10.2 Å². The summed E-state index contributed by atoms with van der Waals surface area (Å²) in [4.78, 5) is 39.6. The van der Waals surface area contributed by atoms with E-state index in [1.54, 1.807) is 13.0 Å². The molecule has 1 aliphatic heterocycles. The minimum atomic E-state index is -1.11. The molecule has 4 amide bonds. The van der Waals surface area contributed by atoms with Crippen LogP contribution in [0.5, 0.6) is 0 Å². The van der Waals surface area contributed by atoms with E-state index in [1.807, 2.05) is 43.3 Å². The van der Waals surface area contributed by atoms with E-state index < -0.39 is 23.8 Å². The van der Waals surface area contributed by atoms with E-state index >= 15 is 0 Å². The number of benzene rings is 1. The Morgan fingerprint density at radius 2 is 2.08 bits per heavy atom. The smallest absolute Gasteiger partial charge is 0.331 e. The van der Waals surface area contributed by atoms with Gasteiger partial charge in [-0.1, -0.05) is 18.2 Å². The van der Waals surface area contributed by atoms with Crippen LogP contribution in [0.2, 0.25) is 0 Å². The number of amides is 4. The second-order valence-corrected chi connectivity index (χ2v) is 5.78. The third-order valence-electron chi connectivity index (χ3n) is 3.84. The Labute approximate surface area is 147 Å². The number of rotatable bonds is 6. The number of anilines is 2. The summed E-state index contributed by atoms with van der Waals surface area (Å²) in [6, 6.07) is 6.84. The van der Waals surface area contributed by atoms with Crippen LogP contribution in [0.25, 0.3) is 0 Å². The molecule has 0 unspecified atom stereocenters. The van der Waals surface area contributed by atoms with Gasteiger partial charge in [0.25, 0.3) is 0 Å². The quantitative estimate of drug-likeness (QED) is 0.610. The third kappa shape index (κ3) is 3.88. The molecule has 1 aromatic rings. The molecule has 0 spiro atoms. The third-order valence-corrected chi connectivity index (χ3v) is 3.84. The van der Waals surface area contributed by atoms with Crippen LogP contribution in [0.3, 0.4) is 0 Å². The minimum Gasteiger partial charge on any atom is -0.378 e. The Kier molecular flexibility index (Phi) is 5.59. The first-order valence-electron chi connectivity index (χ1n) is 7.86. The van der Waals surface area contributed by atoms with Gasteiger partial charge in [-0.25, -0.2) is 4.79 Å². The van der Waals surface area contributed by atoms with Crippen molar-refractivity contribution in [2.45, 2.75) is 6.92 Å². The summed E-state index contributed by atoms with van der Waals surface area (Å²) >= 11 is 0. The summed E-state index contributed by atoms with van der Waals surface area (Å²) in [7, 11) is 3.85. The van der Waals surface area contributed by atoms with E-state index in [1.165, 1.54) is 6.08 Å². The van der Waals surface area contributed by atoms with Gasteiger partial charge < -0.3 is 10.2 Å². The van der Waals surface area contributed by atoms with E-state index in [4.69, 9.17) is 0 Å². The Bertz CT molecular complexity index is 740. The van der Waals surface area contributed by atoms with Crippen molar-refractivity contribution in [3.05, 3.63) is 48.7 Å². The summed E-state index contributed by atoms with van der Waals surface area (Å²) in [6.45, 7) is 5.31. The molecule has 2 N–H and O–H groups in total. The van der Waals surface area contributed by atoms with Gasteiger partial charge in [-0.05, 0) is 25.1 Å².